The molecule has 5 aromatic rings. The summed E-state index contributed by atoms with van der Waals surface area (Å²) in [6.45, 7) is 23.7. The van der Waals surface area contributed by atoms with Crippen molar-refractivity contribution < 1.29 is 8.98 Å². The highest BCUT2D eigenvalue weighted by molar-refractivity contribution is 6.89. The van der Waals surface area contributed by atoms with Gasteiger partial charge in [-0.25, -0.2) is 4.98 Å². The van der Waals surface area contributed by atoms with Crippen LogP contribution in [0.1, 0.15) is 144 Å². The summed E-state index contributed by atoms with van der Waals surface area (Å²) in [7, 11) is -1.65. The topological polar surface area (TPSA) is 42.3 Å². The molecule has 5 heterocycles. The van der Waals surface area contributed by atoms with E-state index in [0.717, 1.165) is 76.5 Å². The quantitative estimate of drug-likeness (QED) is 0.0897. The van der Waals surface area contributed by atoms with Gasteiger partial charge < -0.3 is 4.42 Å². The number of nitrogens with zero attached hydrogens (tertiary/aromatic N) is 3. The number of aliphatic imine (C=N–C) groups is 1. The molecule has 2 unspecified atom stereocenters. The van der Waals surface area contributed by atoms with Gasteiger partial charge >= 0.3 is 0 Å². The number of pyridine rings is 2. The Labute approximate surface area is 337 Å². The Kier molecular flexibility index (Phi) is 10.9. The molecule has 1 saturated carbocycles. The first-order valence-electron chi connectivity index (χ1n) is 21.8. The molecule has 2 aliphatic heterocycles. The molecule has 8 rings (SSSR count). The molecule has 0 bridgehead atoms. The van der Waals surface area contributed by atoms with Crippen molar-refractivity contribution in [2.24, 2.45) is 16.8 Å². The van der Waals surface area contributed by atoms with Crippen molar-refractivity contribution in [2.75, 3.05) is 0 Å². The van der Waals surface area contributed by atoms with Crippen molar-refractivity contribution in [3.63, 3.8) is 0 Å². The van der Waals surface area contributed by atoms with Crippen LogP contribution in [0.5, 0.6) is 0 Å². The van der Waals surface area contributed by atoms with E-state index in [9.17, 15) is 0 Å². The monoisotopic (exact) mass is 762 g/mol. The molecule has 4 nitrogen and oxygen atoms in total. The van der Waals surface area contributed by atoms with Crippen molar-refractivity contribution in [3.8, 4) is 11.3 Å². The van der Waals surface area contributed by atoms with Gasteiger partial charge in [0.1, 0.15) is 5.58 Å². The third-order valence-corrected chi connectivity index (χ3v) is 15.4. The van der Waals surface area contributed by atoms with Crippen LogP contribution in [0, 0.1) is 11.8 Å². The van der Waals surface area contributed by atoms with Crippen LogP contribution in [-0.2, 0) is 6.42 Å². The Bertz CT molecular complexity index is 2330. The molecule has 292 valence electrons. The normalized spacial score (nSPS) is 21.7. The summed E-state index contributed by atoms with van der Waals surface area (Å²) in [5, 5.41) is 3.75. The predicted octanol–water partition coefficient (Wildman–Crippen LogP) is 13.3. The minimum Gasteiger partial charge on any atom is -0.437 e. The van der Waals surface area contributed by atoms with Crippen LogP contribution in [0.4, 0.5) is 0 Å². The van der Waals surface area contributed by atoms with Gasteiger partial charge in [0.15, 0.2) is 12.2 Å². The van der Waals surface area contributed by atoms with E-state index in [2.05, 4.69) is 132 Å². The number of rotatable bonds is 8. The molecular formula is C51H64N3OSi+. The average Bonchev–Trinajstić information content (AvgIpc) is 3.54. The summed E-state index contributed by atoms with van der Waals surface area (Å²) in [6.07, 6.45) is 19.2. The molecule has 1 aliphatic carbocycles. The van der Waals surface area contributed by atoms with Gasteiger partial charge in [-0.05, 0) is 90.3 Å². The standard InChI is InChI=1S/C51H64N3OSi/c1-32(2)43-30-47-39-17-14-13-16-38(39)40-25-23-37-24-26-41-42-27-28-44(33(3)4)53-51(42)55-50(41)49(37)45(18-12-10-11-15-36-21-19-34(5)20-22-36)52-35(6)29-46(40)54(47)31-48(43)56(7,8)9/h12-14,16-18,24,26-28,30-34,36,40,46H,6,10-11,15,19-23,25,29H2,1-5,7-9H3/q+1/b18-12-,52-45?. The summed E-state index contributed by atoms with van der Waals surface area (Å²) >= 11 is 0. The van der Waals surface area contributed by atoms with E-state index in [1.54, 1.807) is 5.19 Å². The zero-order valence-electron chi connectivity index (χ0n) is 35.4. The molecule has 56 heavy (non-hydrogen) atoms. The summed E-state index contributed by atoms with van der Waals surface area (Å²) in [4.78, 5) is 10.5. The molecule has 0 saturated heterocycles. The second-order valence-electron chi connectivity index (χ2n) is 19.2. The van der Waals surface area contributed by atoms with E-state index in [-0.39, 0.29) is 6.04 Å². The molecule has 0 radical (unpaired) electrons. The highest BCUT2D eigenvalue weighted by atomic mass is 28.3. The van der Waals surface area contributed by atoms with Gasteiger partial charge in [-0.2, -0.15) is 4.57 Å². The van der Waals surface area contributed by atoms with E-state index < -0.39 is 8.07 Å². The number of fused-ring (bicyclic) bond motifs is 11. The molecule has 2 aromatic carbocycles. The Balaban J connectivity index is 1.24. The lowest BCUT2D eigenvalue weighted by atomic mass is 9.77. The van der Waals surface area contributed by atoms with Crippen LogP contribution < -0.4 is 9.75 Å². The molecule has 0 spiro atoms. The largest absolute Gasteiger partial charge is 0.437 e. The number of furan rings is 1. The van der Waals surface area contributed by atoms with Crippen LogP contribution in [0.25, 0.3) is 33.3 Å². The first-order valence-corrected chi connectivity index (χ1v) is 25.3. The zero-order chi connectivity index (χ0) is 39.3. The molecule has 0 amide bonds. The van der Waals surface area contributed by atoms with E-state index in [1.165, 1.54) is 66.5 Å². The highest BCUT2D eigenvalue weighted by Crippen LogP contribution is 2.45. The first kappa shape index (κ1) is 38.8. The number of allylic oxidation sites excluding steroid dienone is 3. The van der Waals surface area contributed by atoms with Crippen LogP contribution in [0.15, 0.2) is 94.6 Å². The molecular weight excluding hydrogens is 699 g/mol. The van der Waals surface area contributed by atoms with Crippen LogP contribution in [-0.4, -0.2) is 18.8 Å². The Hall–Kier alpha value is -4.09. The number of unbranched alkanes of at least 4 members (excludes halogenated alkanes) is 1. The van der Waals surface area contributed by atoms with Gasteiger partial charge in [-0.1, -0.05) is 129 Å². The minimum atomic E-state index is -1.65. The summed E-state index contributed by atoms with van der Waals surface area (Å²) in [6, 6.07) is 20.9. The Morgan fingerprint density at radius 1 is 0.929 bits per heavy atom. The summed E-state index contributed by atoms with van der Waals surface area (Å²) in [5.74, 6) is 2.91. The minimum absolute atomic E-state index is 0.228. The van der Waals surface area contributed by atoms with Gasteiger partial charge in [-0.3, -0.25) is 4.99 Å². The Morgan fingerprint density at radius 2 is 1.70 bits per heavy atom. The van der Waals surface area contributed by atoms with Gasteiger partial charge in [0.2, 0.25) is 11.4 Å². The Morgan fingerprint density at radius 3 is 2.45 bits per heavy atom. The van der Waals surface area contributed by atoms with Gasteiger partial charge in [0, 0.05) is 50.5 Å². The van der Waals surface area contributed by atoms with Crippen molar-refractivity contribution in [1.29, 1.82) is 0 Å². The third-order valence-electron chi connectivity index (χ3n) is 13.3. The lowest BCUT2D eigenvalue weighted by Crippen LogP contribution is -2.54. The van der Waals surface area contributed by atoms with E-state index in [1.807, 2.05) is 0 Å². The maximum absolute atomic E-state index is 6.82. The molecule has 5 heteroatoms. The van der Waals surface area contributed by atoms with Gasteiger partial charge in [0.25, 0.3) is 0 Å². The zero-order valence-corrected chi connectivity index (χ0v) is 36.4. The fourth-order valence-electron chi connectivity index (χ4n) is 10.1. The maximum Gasteiger partial charge on any atom is 0.227 e. The smallest absolute Gasteiger partial charge is 0.227 e. The van der Waals surface area contributed by atoms with Crippen molar-refractivity contribution in [2.45, 2.75) is 142 Å². The van der Waals surface area contributed by atoms with Crippen LogP contribution in [0.2, 0.25) is 19.6 Å². The van der Waals surface area contributed by atoms with Crippen LogP contribution in [0.3, 0.4) is 0 Å². The fourth-order valence-corrected chi connectivity index (χ4v) is 11.8. The lowest BCUT2D eigenvalue weighted by Gasteiger charge is -2.33. The number of hydrogen-bond donors (Lipinski definition) is 0. The second-order valence-corrected chi connectivity index (χ2v) is 24.2. The average molecular weight is 763 g/mol. The molecule has 3 aliphatic rings. The lowest BCUT2D eigenvalue weighted by molar-refractivity contribution is -0.717. The van der Waals surface area contributed by atoms with Crippen molar-refractivity contribution in [3.05, 3.63) is 113 Å². The molecule has 2 atom stereocenters. The maximum atomic E-state index is 6.82. The first-order chi connectivity index (χ1) is 26.9. The van der Waals surface area contributed by atoms with Gasteiger partial charge in [-0.15, -0.1) is 0 Å². The highest BCUT2D eigenvalue weighted by Gasteiger charge is 2.42. The SMILES string of the molecule is C=C1CC2C(CCc3ccc4c(oc5nc(C(C)C)ccc54)c3C(/C=C\CCCC3CCC(C)CC3)=N1)c1ccccc1-c1cc(C(C)C)c([Si](C)(C)C)c[n+]12. The number of aryl methyl sites for hydroxylation is 1. The number of hydrogen-bond acceptors (Lipinski definition) is 3. The van der Waals surface area contributed by atoms with Crippen molar-refractivity contribution in [1.82, 2.24) is 4.98 Å². The third kappa shape index (κ3) is 7.53. The second kappa shape index (κ2) is 15.7. The van der Waals surface area contributed by atoms with Crippen LogP contribution >= 0.6 is 0 Å². The molecule has 1 fully saturated rings. The molecule has 0 N–H and O–H groups in total. The number of aromatic nitrogens is 2. The number of benzene rings is 2. The summed E-state index contributed by atoms with van der Waals surface area (Å²) in [5.41, 5.74) is 12.7. The summed E-state index contributed by atoms with van der Waals surface area (Å²) < 4.78 is 9.47. The fraction of sp³-hybridized carbons (Fsp3) is 0.471. The van der Waals surface area contributed by atoms with Gasteiger partial charge in [0.05, 0.1) is 20.2 Å². The van der Waals surface area contributed by atoms with Crippen molar-refractivity contribution >= 4 is 41.0 Å². The van der Waals surface area contributed by atoms with E-state index in [0.29, 0.717) is 23.5 Å². The van der Waals surface area contributed by atoms with E-state index >= 15 is 0 Å². The predicted molar refractivity (Wildman–Crippen MR) is 239 cm³/mol. The van der Waals surface area contributed by atoms with E-state index in [4.69, 9.17) is 21.0 Å². The molecule has 3 aromatic heterocycles.